The third kappa shape index (κ3) is 3.37. The Morgan fingerprint density at radius 2 is 2.00 bits per heavy atom. The number of nitrogens with zero attached hydrogens (tertiary/aromatic N) is 4. The topological polar surface area (TPSA) is 83.9 Å². The first-order chi connectivity index (χ1) is 12.4. The van der Waals surface area contributed by atoms with Gasteiger partial charge in [-0.05, 0) is 19.1 Å². The second kappa shape index (κ2) is 7.11. The Kier molecular flexibility index (Phi) is 4.88. The molecule has 0 spiro atoms. The number of imidazole rings is 1. The molecule has 1 N–H and O–H groups in total. The van der Waals surface area contributed by atoms with Crippen molar-refractivity contribution in [3.63, 3.8) is 0 Å². The van der Waals surface area contributed by atoms with Gasteiger partial charge in [-0.2, -0.15) is 0 Å². The van der Waals surface area contributed by atoms with Crippen LogP contribution in [0.15, 0.2) is 41.5 Å². The van der Waals surface area contributed by atoms with Gasteiger partial charge in [0.25, 0.3) is 5.56 Å². The van der Waals surface area contributed by atoms with Gasteiger partial charge >= 0.3 is 0 Å². The van der Waals surface area contributed by atoms with Crippen molar-refractivity contribution < 1.29 is 4.79 Å². The number of likely N-dealkylation sites (N-methyl/N-ethyl adjacent to an activating group) is 1. The molecular weight excluding hydrogens is 330 g/mol. The van der Waals surface area contributed by atoms with Gasteiger partial charge in [-0.3, -0.25) is 9.59 Å². The number of hydrogen-bond acceptors (Lipinski definition) is 4. The lowest BCUT2D eigenvalue weighted by molar-refractivity contribution is -0.133. The number of hydrogen-bond donors (Lipinski definition) is 1. The van der Waals surface area contributed by atoms with E-state index in [2.05, 4.69) is 15.0 Å². The number of aromatic nitrogens is 4. The van der Waals surface area contributed by atoms with Gasteiger partial charge in [0.1, 0.15) is 17.7 Å². The van der Waals surface area contributed by atoms with E-state index in [0.717, 1.165) is 5.82 Å². The Morgan fingerprint density at radius 1 is 1.27 bits per heavy atom. The standard InChI is InChI=1S/C19H23N5O2/c1-12(2)17-20-9-10-24(17)13(3)19(26)23(4)11-16-21-15-8-6-5-7-14(15)18(25)22-16/h5-10,12-13H,11H2,1-4H3,(H,21,22,25)/t13-/m0/s1. The second-order valence-corrected chi connectivity index (χ2v) is 6.75. The number of fused-ring (bicyclic) bond motifs is 1. The summed E-state index contributed by atoms with van der Waals surface area (Å²) >= 11 is 0. The minimum Gasteiger partial charge on any atom is -0.336 e. The Morgan fingerprint density at radius 3 is 2.73 bits per heavy atom. The minimum atomic E-state index is -0.382. The molecule has 0 saturated heterocycles. The molecule has 0 aliphatic rings. The largest absolute Gasteiger partial charge is 0.336 e. The summed E-state index contributed by atoms with van der Waals surface area (Å²) in [6.45, 7) is 6.17. The van der Waals surface area contributed by atoms with Crippen LogP contribution in [0.3, 0.4) is 0 Å². The number of carbonyl (C=O) groups is 1. The molecule has 7 heteroatoms. The summed E-state index contributed by atoms with van der Waals surface area (Å²) in [4.78, 5) is 38.1. The van der Waals surface area contributed by atoms with E-state index in [-0.39, 0.29) is 30.0 Å². The van der Waals surface area contributed by atoms with Crippen molar-refractivity contribution in [2.75, 3.05) is 7.05 Å². The molecule has 1 atom stereocenters. The van der Waals surface area contributed by atoms with Crippen molar-refractivity contribution in [2.45, 2.75) is 39.3 Å². The van der Waals surface area contributed by atoms with Crippen LogP contribution >= 0.6 is 0 Å². The lowest BCUT2D eigenvalue weighted by Gasteiger charge is -2.23. The minimum absolute atomic E-state index is 0.0688. The van der Waals surface area contributed by atoms with Crippen LogP contribution in [0.1, 0.15) is 44.4 Å². The maximum absolute atomic E-state index is 12.8. The van der Waals surface area contributed by atoms with Crippen molar-refractivity contribution in [2.24, 2.45) is 0 Å². The van der Waals surface area contributed by atoms with E-state index in [1.807, 2.05) is 37.6 Å². The summed E-state index contributed by atoms with van der Waals surface area (Å²) in [6.07, 6.45) is 3.53. The van der Waals surface area contributed by atoms with Gasteiger partial charge in [-0.25, -0.2) is 9.97 Å². The summed E-state index contributed by atoms with van der Waals surface area (Å²) in [5.41, 5.74) is 0.424. The number of aromatic amines is 1. The Bertz CT molecular complexity index is 989. The average Bonchev–Trinajstić information content (AvgIpc) is 3.10. The Hall–Kier alpha value is -2.96. The summed E-state index contributed by atoms with van der Waals surface area (Å²) in [5.74, 6) is 1.49. The van der Waals surface area contributed by atoms with Crippen molar-refractivity contribution in [1.82, 2.24) is 24.4 Å². The van der Waals surface area contributed by atoms with Crippen LogP contribution in [-0.2, 0) is 11.3 Å². The first-order valence-corrected chi connectivity index (χ1v) is 8.64. The first-order valence-electron chi connectivity index (χ1n) is 8.64. The molecule has 0 fully saturated rings. The lowest BCUT2D eigenvalue weighted by atomic mass is 10.2. The van der Waals surface area contributed by atoms with Crippen molar-refractivity contribution in [1.29, 1.82) is 0 Å². The van der Waals surface area contributed by atoms with Gasteiger partial charge < -0.3 is 14.5 Å². The highest BCUT2D eigenvalue weighted by Crippen LogP contribution is 2.19. The third-order valence-corrected chi connectivity index (χ3v) is 4.41. The third-order valence-electron chi connectivity index (χ3n) is 4.41. The second-order valence-electron chi connectivity index (χ2n) is 6.75. The molecule has 0 aliphatic carbocycles. The van der Waals surface area contributed by atoms with Gasteiger partial charge in [-0.15, -0.1) is 0 Å². The zero-order valence-electron chi connectivity index (χ0n) is 15.4. The van der Waals surface area contributed by atoms with Crippen LogP contribution < -0.4 is 5.56 Å². The predicted octanol–water partition coefficient (Wildman–Crippen LogP) is 2.46. The van der Waals surface area contributed by atoms with E-state index in [1.54, 1.807) is 36.3 Å². The number of para-hydroxylation sites is 1. The summed E-state index contributed by atoms with van der Waals surface area (Å²) in [5, 5.41) is 0.540. The first kappa shape index (κ1) is 17.8. The van der Waals surface area contributed by atoms with Crippen LogP contribution in [0, 0.1) is 0 Å². The summed E-state index contributed by atoms with van der Waals surface area (Å²) < 4.78 is 1.89. The van der Waals surface area contributed by atoms with E-state index < -0.39 is 0 Å². The number of carbonyl (C=O) groups excluding carboxylic acids is 1. The van der Waals surface area contributed by atoms with Crippen LogP contribution in [-0.4, -0.2) is 37.4 Å². The van der Waals surface area contributed by atoms with E-state index >= 15 is 0 Å². The highest BCUT2D eigenvalue weighted by Gasteiger charge is 2.23. The number of amides is 1. The predicted molar refractivity (Wildman–Crippen MR) is 99.9 cm³/mol. The van der Waals surface area contributed by atoms with Crippen molar-refractivity contribution in [3.8, 4) is 0 Å². The smallest absolute Gasteiger partial charge is 0.258 e. The molecule has 2 aromatic heterocycles. The fourth-order valence-corrected chi connectivity index (χ4v) is 3.05. The highest BCUT2D eigenvalue weighted by molar-refractivity contribution is 5.80. The van der Waals surface area contributed by atoms with Crippen LogP contribution in [0.5, 0.6) is 0 Å². The molecule has 3 rings (SSSR count). The van der Waals surface area contributed by atoms with Crippen molar-refractivity contribution in [3.05, 3.63) is 58.7 Å². The summed E-state index contributed by atoms with van der Waals surface area (Å²) in [6, 6.07) is 6.77. The fraction of sp³-hybridized carbons (Fsp3) is 0.368. The van der Waals surface area contributed by atoms with Crippen LogP contribution in [0.4, 0.5) is 0 Å². The fourth-order valence-electron chi connectivity index (χ4n) is 3.05. The van der Waals surface area contributed by atoms with Crippen molar-refractivity contribution >= 4 is 16.8 Å². The molecule has 1 aromatic carbocycles. The number of nitrogens with one attached hydrogen (secondary N) is 1. The van der Waals surface area contributed by atoms with Crippen LogP contribution in [0.2, 0.25) is 0 Å². The molecule has 7 nitrogen and oxygen atoms in total. The van der Waals surface area contributed by atoms with E-state index in [0.29, 0.717) is 16.7 Å². The summed E-state index contributed by atoms with van der Waals surface area (Å²) in [7, 11) is 1.71. The average molecular weight is 353 g/mol. The molecule has 0 saturated carbocycles. The molecule has 0 bridgehead atoms. The normalized spacial score (nSPS) is 12.5. The molecule has 0 radical (unpaired) electrons. The Labute approximate surface area is 151 Å². The number of benzene rings is 1. The SMILES string of the molecule is CC(C)c1nccn1[C@@H](C)C(=O)N(C)Cc1nc2ccccc2c(=O)[nH]1. The van der Waals surface area contributed by atoms with E-state index in [1.165, 1.54) is 0 Å². The van der Waals surface area contributed by atoms with E-state index in [9.17, 15) is 9.59 Å². The van der Waals surface area contributed by atoms with E-state index in [4.69, 9.17) is 0 Å². The highest BCUT2D eigenvalue weighted by atomic mass is 16.2. The molecule has 2 heterocycles. The number of H-pyrrole nitrogens is 1. The maximum atomic E-state index is 12.8. The van der Waals surface area contributed by atoms with Gasteiger partial charge in [0.05, 0.1) is 17.4 Å². The molecule has 0 unspecified atom stereocenters. The van der Waals surface area contributed by atoms with Gasteiger partial charge in [0.15, 0.2) is 0 Å². The van der Waals surface area contributed by atoms with Crippen LogP contribution in [0.25, 0.3) is 10.9 Å². The molecular formula is C19H23N5O2. The zero-order valence-corrected chi connectivity index (χ0v) is 15.4. The van der Waals surface area contributed by atoms with Gasteiger partial charge in [0.2, 0.25) is 5.91 Å². The quantitative estimate of drug-likeness (QED) is 0.764. The molecule has 0 aliphatic heterocycles. The molecule has 3 aromatic rings. The monoisotopic (exact) mass is 353 g/mol. The molecule has 1 amide bonds. The lowest BCUT2D eigenvalue weighted by Crippen LogP contribution is -2.34. The van der Waals surface area contributed by atoms with Gasteiger partial charge in [-0.1, -0.05) is 26.0 Å². The Balaban J connectivity index is 1.81. The van der Waals surface area contributed by atoms with Gasteiger partial charge in [0, 0.05) is 25.4 Å². The maximum Gasteiger partial charge on any atom is 0.258 e. The molecule has 136 valence electrons. The zero-order chi connectivity index (χ0) is 18.8. The number of rotatable bonds is 5. The molecule has 26 heavy (non-hydrogen) atoms.